The third-order valence-corrected chi connectivity index (χ3v) is 12.1. The zero-order chi connectivity index (χ0) is 45.1. The number of aliphatic hydroxyl groups excluding tert-OH is 5. The molecule has 0 aromatic rings. The fourth-order valence-electron chi connectivity index (χ4n) is 7.95. The first kappa shape index (κ1) is 58.2. The van der Waals surface area contributed by atoms with Crippen LogP contribution in [-0.2, 0) is 14.3 Å². The fourth-order valence-corrected chi connectivity index (χ4v) is 7.95. The molecular formula is C53H97NO8. The molecule has 0 aromatic carbocycles. The molecule has 0 saturated carbocycles. The predicted octanol–water partition coefficient (Wildman–Crippen LogP) is 11.8. The Kier molecular flexibility index (Phi) is 40.4. The van der Waals surface area contributed by atoms with Crippen LogP contribution in [0.1, 0.15) is 226 Å². The van der Waals surface area contributed by atoms with Crippen LogP contribution in [0.3, 0.4) is 0 Å². The number of rotatable bonds is 43. The Morgan fingerprint density at radius 3 is 1.39 bits per heavy atom. The van der Waals surface area contributed by atoms with E-state index in [1.165, 1.54) is 135 Å². The molecule has 1 fully saturated rings. The molecule has 9 heteroatoms. The first-order chi connectivity index (χ1) is 30.3. The van der Waals surface area contributed by atoms with Crippen molar-refractivity contribution in [3.8, 4) is 0 Å². The summed E-state index contributed by atoms with van der Waals surface area (Å²) in [7, 11) is 0. The van der Waals surface area contributed by atoms with Crippen molar-refractivity contribution < 1.29 is 39.8 Å². The van der Waals surface area contributed by atoms with Crippen LogP contribution in [0.25, 0.3) is 0 Å². The number of aliphatic hydroxyl groups is 5. The van der Waals surface area contributed by atoms with Crippen molar-refractivity contribution in [2.45, 2.75) is 269 Å². The second-order valence-electron chi connectivity index (χ2n) is 17.9. The first-order valence-electron chi connectivity index (χ1n) is 25.9. The van der Waals surface area contributed by atoms with Crippen molar-refractivity contribution in [3.05, 3.63) is 48.6 Å². The highest BCUT2D eigenvalue weighted by Crippen LogP contribution is 2.23. The summed E-state index contributed by atoms with van der Waals surface area (Å²) in [6.07, 6.45) is 49.0. The Bertz CT molecular complexity index is 1110. The first-order valence-corrected chi connectivity index (χ1v) is 25.9. The zero-order valence-electron chi connectivity index (χ0n) is 39.9. The summed E-state index contributed by atoms with van der Waals surface area (Å²) in [4.78, 5) is 12.9. The third-order valence-electron chi connectivity index (χ3n) is 12.1. The summed E-state index contributed by atoms with van der Waals surface area (Å²) in [5.74, 6) is -0.202. The third kappa shape index (κ3) is 32.8. The average Bonchev–Trinajstić information content (AvgIpc) is 3.27. The number of hydrogen-bond donors (Lipinski definition) is 6. The number of nitrogens with one attached hydrogen (secondary N) is 1. The fraction of sp³-hybridized carbons (Fsp3) is 0.830. The summed E-state index contributed by atoms with van der Waals surface area (Å²) >= 11 is 0. The van der Waals surface area contributed by atoms with Crippen LogP contribution in [0, 0.1) is 0 Å². The molecule has 1 aliphatic heterocycles. The minimum Gasteiger partial charge on any atom is -0.394 e. The normalized spacial score (nSPS) is 20.7. The molecule has 7 atom stereocenters. The SMILES string of the molecule is CCCCC/C=C\CCCCCCCC(=O)NC(COC1OC(CO)C(O)C(O)C1O)C(O)/C=C/CC/C=C/CC/C=C/CCCCCCCCCCCCCCCCCCC. The van der Waals surface area contributed by atoms with E-state index < -0.39 is 49.5 Å². The highest BCUT2D eigenvalue weighted by Gasteiger charge is 2.44. The van der Waals surface area contributed by atoms with E-state index in [1.54, 1.807) is 6.08 Å². The number of amides is 1. The standard InChI is InChI=1S/C53H97NO8/c1-3-5-7-9-11-13-15-17-18-19-20-21-22-23-24-25-26-27-28-29-30-31-32-34-36-38-40-42-47(56)46(45-61-53-52(60)51(59)50(58)48(44-55)62-53)54-49(57)43-41-39-37-35-33-16-14-12-10-8-6-4-2/h12,14,28-29,32,34,40,42,46-48,50-53,55-56,58-60H,3-11,13,15-27,30-31,33,35-39,41,43-45H2,1-2H3,(H,54,57)/b14-12-,29-28+,34-32+,42-40+. The molecule has 0 radical (unpaired) electrons. The van der Waals surface area contributed by atoms with Crippen molar-refractivity contribution in [3.63, 3.8) is 0 Å². The van der Waals surface area contributed by atoms with Crippen LogP contribution in [0.15, 0.2) is 48.6 Å². The van der Waals surface area contributed by atoms with Crippen molar-refractivity contribution >= 4 is 5.91 Å². The van der Waals surface area contributed by atoms with E-state index in [0.29, 0.717) is 6.42 Å². The second-order valence-corrected chi connectivity index (χ2v) is 17.9. The number of unbranched alkanes of at least 4 members (excludes halogenated alkanes) is 27. The zero-order valence-corrected chi connectivity index (χ0v) is 39.9. The van der Waals surface area contributed by atoms with Crippen LogP contribution >= 0.6 is 0 Å². The van der Waals surface area contributed by atoms with Gasteiger partial charge >= 0.3 is 0 Å². The summed E-state index contributed by atoms with van der Waals surface area (Å²) in [5, 5.41) is 54.2. The molecule has 1 heterocycles. The van der Waals surface area contributed by atoms with Gasteiger partial charge in [0.2, 0.25) is 5.91 Å². The van der Waals surface area contributed by atoms with Crippen LogP contribution < -0.4 is 5.32 Å². The van der Waals surface area contributed by atoms with Gasteiger partial charge in [-0.3, -0.25) is 4.79 Å². The molecule has 362 valence electrons. The molecule has 1 aliphatic rings. The molecule has 7 unspecified atom stereocenters. The van der Waals surface area contributed by atoms with Gasteiger partial charge in [-0.2, -0.15) is 0 Å². The minimum atomic E-state index is -1.58. The Hall–Kier alpha value is -1.85. The molecule has 9 nitrogen and oxygen atoms in total. The van der Waals surface area contributed by atoms with Gasteiger partial charge < -0.3 is 40.3 Å². The Labute approximate surface area is 380 Å². The quantitative estimate of drug-likeness (QED) is 0.0262. The van der Waals surface area contributed by atoms with Gasteiger partial charge in [0.05, 0.1) is 25.4 Å². The van der Waals surface area contributed by atoms with E-state index >= 15 is 0 Å². The Balaban J connectivity index is 2.28. The maximum Gasteiger partial charge on any atom is 0.220 e. The molecule has 0 aromatic heterocycles. The molecule has 62 heavy (non-hydrogen) atoms. The van der Waals surface area contributed by atoms with Gasteiger partial charge in [-0.15, -0.1) is 0 Å². The summed E-state index contributed by atoms with van der Waals surface area (Å²) in [6, 6.07) is -0.832. The average molecular weight is 876 g/mol. The lowest BCUT2D eigenvalue weighted by molar-refractivity contribution is -0.302. The molecule has 1 amide bonds. The van der Waals surface area contributed by atoms with E-state index in [4.69, 9.17) is 9.47 Å². The molecule has 1 rings (SSSR count). The van der Waals surface area contributed by atoms with Crippen LogP contribution in [0.4, 0.5) is 0 Å². The van der Waals surface area contributed by atoms with Crippen LogP contribution in [0.2, 0.25) is 0 Å². The Morgan fingerprint density at radius 1 is 0.532 bits per heavy atom. The van der Waals surface area contributed by atoms with Gasteiger partial charge in [0, 0.05) is 6.42 Å². The van der Waals surface area contributed by atoms with Crippen molar-refractivity contribution in [1.29, 1.82) is 0 Å². The van der Waals surface area contributed by atoms with Crippen molar-refractivity contribution in [2.75, 3.05) is 13.2 Å². The molecule has 6 N–H and O–H groups in total. The molecule has 1 saturated heterocycles. The Morgan fingerprint density at radius 2 is 0.919 bits per heavy atom. The number of carbonyl (C=O) groups is 1. The largest absolute Gasteiger partial charge is 0.394 e. The van der Waals surface area contributed by atoms with E-state index in [-0.39, 0.29) is 12.5 Å². The van der Waals surface area contributed by atoms with Crippen molar-refractivity contribution in [2.24, 2.45) is 0 Å². The van der Waals surface area contributed by atoms with Gasteiger partial charge in [0.15, 0.2) is 6.29 Å². The lowest BCUT2D eigenvalue weighted by Crippen LogP contribution is -2.60. The number of hydrogen-bond acceptors (Lipinski definition) is 8. The van der Waals surface area contributed by atoms with E-state index in [9.17, 15) is 30.3 Å². The summed E-state index contributed by atoms with van der Waals surface area (Å²) in [5.41, 5.74) is 0. The maximum atomic E-state index is 12.9. The van der Waals surface area contributed by atoms with Gasteiger partial charge in [-0.05, 0) is 70.6 Å². The van der Waals surface area contributed by atoms with E-state index in [1.807, 2.05) is 6.08 Å². The maximum absolute atomic E-state index is 12.9. The number of ether oxygens (including phenoxy) is 2. The van der Waals surface area contributed by atoms with Crippen LogP contribution in [-0.4, -0.2) is 87.5 Å². The van der Waals surface area contributed by atoms with Gasteiger partial charge in [-0.25, -0.2) is 0 Å². The minimum absolute atomic E-state index is 0.202. The number of carbonyl (C=O) groups excluding carboxylic acids is 1. The molecule has 0 bridgehead atoms. The molecule has 0 spiro atoms. The monoisotopic (exact) mass is 876 g/mol. The lowest BCUT2D eigenvalue weighted by atomic mass is 9.99. The topological polar surface area (TPSA) is 149 Å². The highest BCUT2D eigenvalue weighted by atomic mass is 16.7. The second kappa shape index (κ2) is 43.1. The van der Waals surface area contributed by atoms with Gasteiger partial charge in [-0.1, -0.05) is 197 Å². The van der Waals surface area contributed by atoms with Gasteiger partial charge in [0.25, 0.3) is 0 Å². The molecular weight excluding hydrogens is 779 g/mol. The highest BCUT2D eigenvalue weighted by molar-refractivity contribution is 5.76. The number of allylic oxidation sites excluding steroid dienone is 7. The predicted molar refractivity (Wildman–Crippen MR) is 258 cm³/mol. The summed E-state index contributed by atoms with van der Waals surface area (Å²) in [6.45, 7) is 3.72. The lowest BCUT2D eigenvalue weighted by Gasteiger charge is -2.40. The van der Waals surface area contributed by atoms with Crippen LogP contribution in [0.5, 0.6) is 0 Å². The molecule has 0 aliphatic carbocycles. The van der Waals surface area contributed by atoms with E-state index in [2.05, 4.69) is 55.6 Å². The van der Waals surface area contributed by atoms with Crippen molar-refractivity contribution in [1.82, 2.24) is 5.32 Å². The summed E-state index contributed by atoms with van der Waals surface area (Å²) < 4.78 is 11.2. The van der Waals surface area contributed by atoms with Gasteiger partial charge in [0.1, 0.15) is 24.4 Å². The smallest absolute Gasteiger partial charge is 0.220 e. The van der Waals surface area contributed by atoms with E-state index in [0.717, 1.165) is 70.6 Å².